The Kier molecular flexibility index (Phi) is 4.10. The Balaban J connectivity index is 2.24. The minimum Gasteiger partial charge on any atom is -0.330 e. The van der Waals surface area contributed by atoms with E-state index in [1.165, 1.54) is 0 Å². The molecule has 1 heterocycles. The predicted molar refractivity (Wildman–Crippen MR) is 72.5 cm³/mol. The third-order valence-corrected chi connectivity index (χ3v) is 3.73. The Morgan fingerprint density at radius 1 is 1.35 bits per heavy atom. The summed E-state index contributed by atoms with van der Waals surface area (Å²) in [6, 6.07) is 5.81. The van der Waals surface area contributed by atoms with Gasteiger partial charge in [-0.1, -0.05) is 29.0 Å². The van der Waals surface area contributed by atoms with Gasteiger partial charge in [-0.3, -0.25) is 0 Å². The third kappa shape index (κ3) is 3.03. The molecule has 0 fully saturated rings. The van der Waals surface area contributed by atoms with Crippen molar-refractivity contribution in [3.8, 4) is 10.6 Å². The quantitative estimate of drug-likeness (QED) is 0.926. The third-order valence-electron chi connectivity index (χ3n) is 2.48. The molecule has 3 nitrogen and oxygen atoms in total. The molecule has 0 spiro atoms. The second-order valence-corrected chi connectivity index (χ2v) is 5.35. The van der Waals surface area contributed by atoms with Gasteiger partial charge in [-0.2, -0.15) is 0 Å². The van der Waals surface area contributed by atoms with E-state index >= 15 is 0 Å². The van der Waals surface area contributed by atoms with E-state index in [4.69, 9.17) is 17.3 Å². The molecule has 2 aromatic rings. The number of hydrogen-bond donors (Lipinski definition) is 1. The molecule has 0 saturated carbocycles. The van der Waals surface area contributed by atoms with E-state index in [2.05, 4.69) is 10.2 Å². The molecule has 0 aliphatic heterocycles. The van der Waals surface area contributed by atoms with Crippen LogP contribution in [-0.2, 0) is 6.42 Å². The van der Waals surface area contributed by atoms with Gasteiger partial charge < -0.3 is 5.73 Å². The summed E-state index contributed by atoms with van der Waals surface area (Å²) in [5, 5.41) is 11.1. The molecule has 0 amide bonds. The molecule has 1 aromatic heterocycles. The topological polar surface area (TPSA) is 51.8 Å². The Hall–Kier alpha value is -0.970. The van der Waals surface area contributed by atoms with Crippen molar-refractivity contribution >= 4 is 22.9 Å². The first kappa shape index (κ1) is 12.5. The van der Waals surface area contributed by atoms with Crippen LogP contribution >= 0.6 is 22.9 Å². The van der Waals surface area contributed by atoms with Gasteiger partial charge in [-0.15, -0.1) is 10.2 Å². The van der Waals surface area contributed by atoms with Crippen LogP contribution < -0.4 is 5.73 Å². The lowest BCUT2D eigenvalue weighted by molar-refractivity contribution is 0.812. The summed E-state index contributed by atoms with van der Waals surface area (Å²) >= 11 is 7.56. The van der Waals surface area contributed by atoms with Crippen LogP contribution in [0.25, 0.3) is 10.6 Å². The predicted octanol–water partition coefficient (Wildman–Crippen LogP) is 3.06. The van der Waals surface area contributed by atoms with Crippen molar-refractivity contribution in [1.29, 1.82) is 0 Å². The summed E-state index contributed by atoms with van der Waals surface area (Å²) in [5.74, 6) is 0. The molecule has 2 N–H and O–H groups in total. The fraction of sp³-hybridized carbons (Fsp3) is 0.333. The summed E-state index contributed by atoms with van der Waals surface area (Å²) in [5.41, 5.74) is 7.70. The van der Waals surface area contributed by atoms with Gasteiger partial charge in [0.25, 0.3) is 0 Å². The maximum absolute atomic E-state index is 5.93. The molecule has 17 heavy (non-hydrogen) atoms. The van der Waals surface area contributed by atoms with Crippen LogP contribution in [0.15, 0.2) is 18.2 Å². The van der Waals surface area contributed by atoms with Gasteiger partial charge in [0.1, 0.15) is 10.0 Å². The van der Waals surface area contributed by atoms with Crippen molar-refractivity contribution < 1.29 is 0 Å². The van der Waals surface area contributed by atoms with Crippen molar-refractivity contribution in [3.05, 3.63) is 33.8 Å². The molecule has 5 heteroatoms. The summed E-state index contributed by atoms with van der Waals surface area (Å²) in [6.07, 6.45) is 1.86. The molecule has 2 rings (SSSR count). The van der Waals surface area contributed by atoms with E-state index in [0.29, 0.717) is 6.54 Å². The largest absolute Gasteiger partial charge is 0.330 e. The van der Waals surface area contributed by atoms with E-state index < -0.39 is 0 Å². The fourth-order valence-corrected chi connectivity index (χ4v) is 2.78. The van der Waals surface area contributed by atoms with Crippen LogP contribution in [0, 0.1) is 6.92 Å². The number of aryl methyl sites for hydroxylation is 2. The Morgan fingerprint density at radius 3 is 2.88 bits per heavy atom. The number of rotatable bonds is 4. The standard InChI is InChI=1S/C12H14ClN3S/c1-8-7-9(13)4-5-10(8)12-16-15-11(17-12)3-2-6-14/h4-5,7H,2-3,6,14H2,1H3. The van der Waals surface area contributed by atoms with E-state index in [1.807, 2.05) is 25.1 Å². The molecule has 0 atom stereocenters. The van der Waals surface area contributed by atoms with Crippen LogP contribution in [-0.4, -0.2) is 16.7 Å². The van der Waals surface area contributed by atoms with Gasteiger partial charge in [0, 0.05) is 17.0 Å². The highest BCUT2D eigenvalue weighted by atomic mass is 35.5. The van der Waals surface area contributed by atoms with Gasteiger partial charge in [0.15, 0.2) is 0 Å². The number of halogens is 1. The maximum Gasteiger partial charge on any atom is 0.148 e. The van der Waals surface area contributed by atoms with Gasteiger partial charge in [0.05, 0.1) is 0 Å². The normalized spacial score (nSPS) is 10.8. The van der Waals surface area contributed by atoms with Crippen LogP contribution in [0.2, 0.25) is 5.02 Å². The number of aromatic nitrogens is 2. The van der Waals surface area contributed by atoms with Gasteiger partial charge >= 0.3 is 0 Å². The summed E-state index contributed by atoms with van der Waals surface area (Å²) in [4.78, 5) is 0. The zero-order valence-corrected chi connectivity index (χ0v) is 11.2. The molecule has 90 valence electrons. The monoisotopic (exact) mass is 267 g/mol. The Bertz CT molecular complexity index is 510. The number of nitrogens with two attached hydrogens (primary N) is 1. The van der Waals surface area contributed by atoms with E-state index in [0.717, 1.165) is 39.0 Å². The van der Waals surface area contributed by atoms with Crippen LogP contribution in [0.1, 0.15) is 17.0 Å². The Morgan fingerprint density at radius 2 is 2.18 bits per heavy atom. The van der Waals surface area contributed by atoms with Gasteiger partial charge in [0.2, 0.25) is 0 Å². The Labute approximate surface area is 110 Å². The molecule has 0 aliphatic carbocycles. The zero-order valence-electron chi connectivity index (χ0n) is 9.61. The summed E-state index contributed by atoms with van der Waals surface area (Å²) in [7, 11) is 0. The average Bonchev–Trinajstić information content (AvgIpc) is 2.75. The highest BCUT2D eigenvalue weighted by Gasteiger charge is 2.09. The lowest BCUT2D eigenvalue weighted by atomic mass is 10.1. The van der Waals surface area contributed by atoms with Crippen LogP contribution in [0.5, 0.6) is 0 Å². The number of benzene rings is 1. The first-order chi connectivity index (χ1) is 8.20. The summed E-state index contributed by atoms with van der Waals surface area (Å²) in [6.45, 7) is 2.72. The molecular formula is C12H14ClN3S. The highest BCUT2D eigenvalue weighted by molar-refractivity contribution is 7.14. The van der Waals surface area contributed by atoms with E-state index in [1.54, 1.807) is 11.3 Å². The molecule has 0 unspecified atom stereocenters. The second-order valence-electron chi connectivity index (χ2n) is 3.85. The molecule has 0 radical (unpaired) electrons. The first-order valence-corrected chi connectivity index (χ1v) is 6.69. The van der Waals surface area contributed by atoms with Crippen molar-refractivity contribution in [2.24, 2.45) is 5.73 Å². The maximum atomic E-state index is 5.93. The molecule has 1 aromatic carbocycles. The minimum absolute atomic E-state index is 0.689. The van der Waals surface area contributed by atoms with Gasteiger partial charge in [-0.05, 0) is 37.6 Å². The minimum atomic E-state index is 0.689. The van der Waals surface area contributed by atoms with Crippen molar-refractivity contribution in [1.82, 2.24) is 10.2 Å². The SMILES string of the molecule is Cc1cc(Cl)ccc1-c1nnc(CCCN)s1. The lowest BCUT2D eigenvalue weighted by Crippen LogP contribution is -1.99. The average molecular weight is 268 g/mol. The smallest absolute Gasteiger partial charge is 0.148 e. The zero-order chi connectivity index (χ0) is 12.3. The van der Waals surface area contributed by atoms with Crippen LogP contribution in [0.4, 0.5) is 0 Å². The fourth-order valence-electron chi connectivity index (χ4n) is 1.58. The van der Waals surface area contributed by atoms with E-state index in [9.17, 15) is 0 Å². The number of nitrogens with zero attached hydrogens (tertiary/aromatic N) is 2. The van der Waals surface area contributed by atoms with E-state index in [-0.39, 0.29) is 0 Å². The van der Waals surface area contributed by atoms with Gasteiger partial charge in [-0.25, -0.2) is 0 Å². The van der Waals surface area contributed by atoms with Crippen molar-refractivity contribution in [2.45, 2.75) is 19.8 Å². The highest BCUT2D eigenvalue weighted by Crippen LogP contribution is 2.28. The summed E-state index contributed by atoms with van der Waals surface area (Å²) < 4.78 is 0. The first-order valence-electron chi connectivity index (χ1n) is 5.49. The molecule has 0 aliphatic rings. The van der Waals surface area contributed by atoms with Crippen molar-refractivity contribution in [2.75, 3.05) is 6.54 Å². The lowest BCUT2D eigenvalue weighted by Gasteiger charge is -2.01. The van der Waals surface area contributed by atoms with Crippen molar-refractivity contribution in [3.63, 3.8) is 0 Å². The molecule has 0 saturated heterocycles. The molecule has 0 bridgehead atoms. The molecular weight excluding hydrogens is 254 g/mol. The van der Waals surface area contributed by atoms with Crippen LogP contribution in [0.3, 0.4) is 0 Å². The number of hydrogen-bond acceptors (Lipinski definition) is 4. The second kappa shape index (κ2) is 5.58.